The van der Waals surface area contributed by atoms with Crippen molar-refractivity contribution in [1.82, 2.24) is 40.9 Å². The Bertz CT molecular complexity index is 3360. The molecule has 16 rings (SSSR count). The fourth-order valence-corrected chi connectivity index (χ4v) is 13.9. The maximum Gasteiger partial charge on any atom is 0.319 e. The van der Waals surface area contributed by atoms with Gasteiger partial charge in [0, 0.05) is 149 Å². The highest BCUT2D eigenvalue weighted by Crippen LogP contribution is 2.38. The summed E-state index contributed by atoms with van der Waals surface area (Å²) in [4.78, 5) is 221. The number of amides is 8. The molecule has 8 amide bonds. The molecule has 0 spiro atoms. The topological polar surface area (TPSA) is 574 Å². The first kappa shape index (κ1) is 103. The molecule has 16 heterocycles. The summed E-state index contributed by atoms with van der Waals surface area (Å²) in [5.74, 6) is -12.0. The molecular formula is C76H116N8O42. The minimum atomic E-state index is -2.06. The van der Waals surface area contributed by atoms with Crippen LogP contribution in [0.5, 0.6) is 0 Å². The van der Waals surface area contributed by atoms with Crippen LogP contribution in [0.4, 0.5) is 19.2 Å². The summed E-state index contributed by atoms with van der Waals surface area (Å²) >= 11 is 0. The van der Waals surface area contributed by atoms with E-state index in [0.717, 1.165) is 83.1 Å². The molecule has 0 aromatic carbocycles. The van der Waals surface area contributed by atoms with Gasteiger partial charge in [-0.1, -0.05) is 0 Å². The molecule has 4 N–H and O–H groups in total. The Hall–Kier alpha value is -9.84. The first-order valence-corrected chi connectivity index (χ1v) is 40.8. The molecule has 16 aliphatic rings. The summed E-state index contributed by atoms with van der Waals surface area (Å²) in [5.41, 5.74) is 0. The van der Waals surface area contributed by atoms with E-state index in [1.54, 1.807) is 0 Å². The molecular weight excluding hydrogens is 1700 g/mol. The Morgan fingerprint density at radius 3 is 0.730 bits per heavy atom. The quantitative estimate of drug-likeness (QED) is 0.0961. The van der Waals surface area contributed by atoms with Gasteiger partial charge >= 0.3 is 95.8 Å². The highest BCUT2D eigenvalue weighted by atomic mass is 16.8. The van der Waals surface area contributed by atoms with Crippen molar-refractivity contribution in [2.24, 2.45) is 0 Å². The Kier molecular flexibility index (Phi) is 43.5. The fraction of sp³-hybridized carbons (Fsp3) is 0.789. The standard InChI is InChI=1S/C76H116N8O42/c1-41(85)109-39-55-59-61(113-45(5)89)65(117-49(9)93)69(121-55)79-75(99)83-17-25-105-33-29-101-23-15-82(16-24-102-30-34-106-26-18-83)74(98)78-38-54-58(112-44(4)88)64(116-48(8)92)68(120-52(12)96)72(124-54)126-60-56(40-110-42(2)86)122-70(66(118-50(10)94)62(60)114-46(6)90)80-76(100)84-19-27-107-35-31-103-21-13-81(14-22-104-32-36-108-28-20-84)73(97)77-37-53-57(111-43(3)87)63(115-47(7)91)67(119-51(11)95)71(123-53)125-59/h53-72H,13-40H2,1-12H3,(H,77,97)(H,78,98)(H,79,99)(H,80,100)/t53-,54-,55-,56-,57-,58-,59-,60-,61+,62+,63+,64+,65-,66-,67-,68-,69-,70-,71+,72+/m1/s1. The van der Waals surface area contributed by atoms with Crippen molar-refractivity contribution in [2.45, 2.75) is 206 Å². The summed E-state index contributed by atoms with van der Waals surface area (Å²) in [6.07, 6.45) is -36.9. The van der Waals surface area contributed by atoms with E-state index in [0.29, 0.717) is 0 Å². The highest BCUT2D eigenvalue weighted by Gasteiger charge is 2.60. The monoisotopic (exact) mass is 1810 g/mol. The van der Waals surface area contributed by atoms with Crippen LogP contribution in [0, 0.1) is 0 Å². The molecule has 0 aliphatic carbocycles. The van der Waals surface area contributed by atoms with Crippen molar-refractivity contribution in [3.05, 3.63) is 0 Å². The van der Waals surface area contributed by atoms with E-state index in [-0.39, 0.29) is 158 Å². The Labute approximate surface area is 724 Å². The van der Waals surface area contributed by atoms with Gasteiger partial charge < -0.3 is 164 Å². The molecule has 0 saturated carbocycles. The number of urea groups is 4. The lowest BCUT2D eigenvalue weighted by molar-refractivity contribution is -0.342. The molecule has 16 fully saturated rings. The van der Waals surface area contributed by atoms with E-state index in [4.69, 9.17) is 123 Å². The van der Waals surface area contributed by atoms with Crippen molar-refractivity contribution in [3.8, 4) is 0 Å². The third-order valence-corrected chi connectivity index (χ3v) is 19.1. The van der Waals surface area contributed by atoms with Crippen molar-refractivity contribution in [3.63, 3.8) is 0 Å². The zero-order chi connectivity index (χ0) is 92.1. The van der Waals surface area contributed by atoms with E-state index in [1.165, 1.54) is 19.6 Å². The molecule has 50 nitrogen and oxygen atoms in total. The Morgan fingerprint density at radius 1 is 0.262 bits per heavy atom. The maximum atomic E-state index is 14.8. The van der Waals surface area contributed by atoms with Crippen LogP contribution in [0.3, 0.4) is 0 Å². The molecule has 50 heteroatoms. The summed E-state index contributed by atoms with van der Waals surface area (Å²) in [6, 6.07) is -3.48. The largest absolute Gasteiger partial charge is 0.463 e. The second-order valence-corrected chi connectivity index (χ2v) is 28.9. The van der Waals surface area contributed by atoms with Gasteiger partial charge in [-0.05, 0) is 0 Å². The number of ether oxygens (including phenoxy) is 26. The molecule has 12 bridgehead atoms. The van der Waals surface area contributed by atoms with Crippen molar-refractivity contribution in [1.29, 1.82) is 0 Å². The smallest absolute Gasteiger partial charge is 0.319 e. The van der Waals surface area contributed by atoms with Gasteiger partial charge in [0.05, 0.1) is 106 Å². The highest BCUT2D eigenvalue weighted by molar-refractivity contribution is 5.77. The average Bonchev–Trinajstić information content (AvgIpc) is 0.766. The van der Waals surface area contributed by atoms with Crippen molar-refractivity contribution in [2.75, 3.05) is 184 Å². The SMILES string of the molecule is CC(=O)OC[C@H]1O[C@H]2NC(=O)N3CCOCCOCCN(CCOCCOCC3)C(=O)NC[C@H]3O[C@@H](O[C@H]4[C@H](OC(C)=O)[C@@H](OC(C)=O)[C@H](NC(=O)N5CCOCCOCCN(CCOCCOCC5)C(=O)NC[C@H]5O[C@@H](O[C@H]1[C@H](OC(C)=O)[C@H]2OC(C)=O)[C@H](OC(C)=O)[C@@H](OC(C)=O)[C@@H]5OC(C)=O)O[C@@H]4COC(C)=O)[C@H](OC(C)=O)[C@@H](OC(C)=O)[C@@H]3OC(C)=O. The predicted octanol–water partition coefficient (Wildman–Crippen LogP) is -3.68. The number of nitrogens with one attached hydrogen (secondary N) is 4. The van der Waals surface area contributed by atoms with Gasteiger partial charge in [-0.15, -0.1) is 0 Å². The molecule has 16 aliphatic heterocycles. The van der Waals surface area contributed by atoms with Crippen LogP contribution in [0.25, 0.3) is 0 Å². The number of rotatable bonds is 14. The zero-order valence-corrected chi connectivity index (χ0v) is 72.3. The third kappa shape index (κ3) is 34.4. The summed E-state index contributed by atoms with van der Waals surface area (Å²) in [5, 5.41) is 10.7. The normalized spacial score (nSPS) is 30.8. The van der Waals surface area contributed by atoms with Crippen LogP contribution in [0.2, 0.25) is 0 Å². The lowest BCUT2D eigenvalue weighted by Crippen LogP contribution is -2.69. The fourth-order valence-electron chi connectivity index (χ4n) is 13.9. The Balaban J connectivity index is 1.28. The van der Waals surface area contributed by atoms with Crippen LogP contribution in [-0.4, -0.2) is 422 Å². The number of carbonyl (C=O) groups is 16. The maximum absolute atomic E-state index is 14.8. The van der Waals surface area contributed by atoms with E-state index >= 15 is 0 Å². The summed E-state index contributed by atoms with van der Waals surface area (Å²) < 4.78 is 155. The molecule has 20 atom stereocenters. The lowest BCUT2D eigenvalue weighted by atomic mass is 9.95. The first-order valence-electron chi connectivity index (χ1n) is 40.8. The molecule has 712 valence electrons. The molecule has 0 unspecified atom stereocenters. The summed E-state index contributed by atoms with van der Waals surface area (Å²) in [6.45, 7) is 5.55. The first-order chi connectivity index (χ1) is 60.1. The van der Waals surface area contributed by atoms with Crippen LogP contribution in [0.15, 0.2) is 0 Å². The second kappa shape index (κ2) is 53.1. The number of nitrogens with zero attached hydrogens (tertiary/aromatic N) is 4. The van der Waals surface area contributed by atoms with Crippen LogP contribution >= 0.6 is 0 Å². The van der Waals surface area contributed by atoms with Crippen LogP contribution in [-0.2, 0) is 181 Å². The van der Waals surface area contributed by atoms with Crippen molar-refractivity contribution >= 4 is 95.8 Å². The molecule has 16 saturated heterocycles. The minimum absolute atomic E-state index is 0.103. The van der Waals surface area contributed by atoms with E-state index in [9.17, 15) is 76.7 Å². The van der Waals surface area contributed by atoms with E-state index < -0.39 is 245 Å². The minimum Gasteiger partial charge on any atom is -0.463 e. The van der Waals surface area contributed by atoms with Gasteiger partial charge in [0.15, 0.2) is 86.1 Å². The number of hydrogen-bond donors (Lipinski definition) is 4. The van der Waals surface area contributed by atoms with Gasteiger partial charge in [-0.2, -0.15) is 0 Å². The molecule has 0 radical (unpaired) electrons. The second-order valence-electron chi connectivity index (χ2n) is 28.9. The number of hydrogen-bond acceptors (Lipinski definition) is 42. The molecule has 0 aromatic heterocycles. The third-order valence-electron chi connectivity index (χ3n) is 19.1. The lowest BCUT2D eigenvalue weighted by Gasteiger charge is -2.49. The zero-order valence-electron chi connectivity index (χ0n) is 72.3. The number of carbonyl (C=O) groups excluding carboxylic acids is 16. The van der Waals surface area contributed by atoms with Crippen LogP contribution < -0.4 is 21.3 Å². The van der Waals surface area contributed by atoms with Crippen LogP contribution in [0.1, 0.15) is 83.1 Å². The van der Waals surface area contributed by atoms with Gasteiger partial charge in [0.1, 0.15) is 49.8 Å². The van der Waals surface area contributed by atoms with Gasteiger partial charge in [-0.3, -0.25) is 57.5 Å². The predicted molar refractivity (Wildman–Crippen MR) is 410 cm³/mol. The van der Waals surface area contributed by atoms with Crippen molar-refractivity contribution < 1.29 is 200 Å². The van der Waals surface area contributed by atoms with Gasteiger partial charge in [0.25, 0.3) is 0 Å². The van der Waals surface area contributed by atoms with E-state index in [1.807, 2.05) is 0 Å². The molecule has 126 heavy (non-hydrogen) atoms. The average molecular weight is 1810 g/mol. The number of esters is 12. The van der Waals surface area contributed by atoms with Gasteiger partial charge in [-0.25, -0.2) is 19.2 Å². The summed E-state index contributed by atoms with van der Waals surface area (Å²) in [7, 11) is 0. The van der Waals surface area contributed by atoms with Gasteiger partial charge in [0.2, 0.25) is 0 Å². The molecule has 0 aromatic rings. The van der Waals surface area contributed by atoms with E-state index in [2.05, 4.69) is 21.3 Å². The Morgan fingerprint density at radius 2 is 0.484 bits per heavy atom.